The van der Waals surface area contributed by atoms with Gasteiger partial charge in [0.1, 0.15) is 0 Å². The number of rotatable bonds is 2. The van der Waals surface area contributed by atoms with Gasteiger partial charge in [0.15, 0.2) is 0 Å². The van der Waals surface area contributed by atoms with Gasteiger partial charge in [0.2, 0.25) is 0 Å². The molecule has 10 heavy (non-hydrogen) atoms. The summed E-state index contributed by atoms with van der Waals surface area (Å²) < 4.78 is 0.536. The first-order chi connectivity index (χ1) is 4.84. The Morgan fingerprint density at radius 1 is 1.30 bits per heavy atom. The van der Waals surface area contributed by atoms with E-state index in [1.54, 1.807) is 16.9 Å². The van der Waals surface area contributed by atoms with Gasteiger partial charge in [-0.25, -0.2) is 0 Å². The fraction of sp³-hybridized carbons (Fsp3) is 0.111. The van der Waals surface area contributed by atoms with Gasteiger partial charge in [-0.2, -0.15) is 0 Å². The van der Waals surface area contributed by atoms with Crippen molar-refractivity contribution in [2.45, 2.75) is 4.71 Å². The van der Waals surface area contributed by atoms with Crippen molar-refractivity contribution in [3.63, 3.8) is 0 Å². The predicted octanol–water partition coefficient (Wildman–Crippen LogP) is 1.55. The van der Waals surface area contributed by atoms with Crippen molar-refractivity contribution in [1.82, 2.24) is 0 Å². The Labute approximate surface area is 70.5 Å². The number of benzene rings is 1. The van der Waals surface area contributed by atoms with Gasteiger partial charge in [0, 0.05) is 0 Å². The molecule has 0 nitrogen and oxygen atoms in total. The molecule has 0 aliphatic heterocycles. The molecule has 0 N–H and O–H groups in total. The minimum atomic E-state index is 0.536. The molecule has 0 saturated carbocycles. The molecule has 1 rings (SSSR count). The maximum absolute atomic E-state index is 3.75. The van der Waals surface area contributed by atoms with Crippen LogP contribution < -0.4 is 0 Å². The molecule has 0 aromatic heterocycles. The molecule has 0 heterocycles. The molecule has 0 bridgehead atoms. The second-order valence-corrected chi connectivity index (χ2v) is 3.68. The van der Waals surface area contributed by atoms with Gasteiger partial charge in [0.05, 0.1) is 0 Å². The van der Waals surface area contributed by atoms with Gasteiger partial charge in [-0.05, 0) is 0 Å². The molecule has 2 unspecified atom stereocenters. The second-order valence-electron chi connectivity index (χ2n) is 2.17. The van der Waals surface area contributed by atoms with E-state index in [1.165, 1.54) is 5.56 Å². The van der Waals surface area contributed by atoms with Crippen LogP contribution in [0.2, 0.25) is 0 Å². The SMILES string of the molecule is C=CC([AsH2])c1ccccc1. The van der Waals surface area contributed by atoms with Crippen molar-refractivity contribution in [3.8, 4) is 0 Å². The molecule has 0 spiro atoms. The average Bonchev–Trinajstić information content (AvgIpc) is 2.05. The van der Waals surface area contributed by atoms with Crippen molar-refractivity contribution in [1.29, 1.82) is 0 Å². The Kier molecular flexibility index (Phi) is 2.77. The van der Waals surface area contributed by atoms with Crippen LogP contribution in [0.4, 0.5) is 0 Å². The van der Waals surface area contributed by atoms with Gasteiger partial charge >= 0.3 is 70.1 Å². The van der Waals surface area contributed by atoms with Crippen LogP contribution >= 0.6 is 0 Å². The molecule has 0 aliphatic rings. The maximum atomic E-state index is 3.75. The molecule has 1 heteroatoms. The zero-order valence-corrected chi connectivity index (χ0v) is 8.25. The molecule has 1 aromatic rings. The molecule has 0 aliphatic carbocycles. The fourth-order valence-corrected chi connectivity index (χ4v) is 1.28. The van der Waals surface area contributed by atoms with E-state index in [0.29, 0.717) is 4.71 Å². The Bertz CT molecular complexity index is 203. The van der Waals surface area contributed by atoms with Crippen LogP contribution in [0.1, 0.15) is 10.3 Å². The van der Waals surface area contributed by atoms with Gasteiger partial charge in [0.25, 0.3) is 0 Å². The van der Waals surface area contributed by atoms with Crippen LogP contribution in [-0.2, 0) is 0 Å². The molecule has 52 valence electrons. The van der Waals surface area contributed by atoms with E-state index in [0.717, 1.165) is 0 Å². The topological polar surface area (TPSA) is 0 Å². The van der Waals surface area contributed by atoms with E-state index in [9.17, 15) is 0 Å². The van der Waals surface area contributed by atoms with E-state index >= 15 is 0 Å². The van der Waals surface area contributed by atoms with Gasteiger partial charge in [-0.1, -0.05) is 0 Å². The van der Waals surface area contributed by atoms with Crippen LogP contribution in [0.15, 0.2) is 43.0 Å². The monoisotopic (exact) mass is 194 g/mol. The van der Waals surface area contributed by atoms with E-state index in [-0.39, 0.29) is 0 Å². The summed E-state index contributed by atoms with van der Waals surface area (Å²) in [6.45, 7) is 3.75. The van der Waals surface area contributed by atoms with E-state index in [2.05, 4.69) is 30.8 Å². The number of allylic oxidation sites excluding steroid dienone is 1. The first kappa shape index (κ1) is 7.62. The zero-order chi connectivity index (χ0) is 7.40. The van der Waals surface area contributed by atoms with E-state index < -0.39 is 0 Å². The molecule has 2 atom stereocenters. The second kappa shape index (κ2) is 3.63. The molecule has 0 fully saturated rings. The molecule has 0 amide bonds. The van der Waals surface area contributed by atoms with Crippen molar-refractivity contribution in [3.05, 3.63) is 48.6 Å². The standard InChI is InChI=1S/C9H11As/c1-2-9(10)8-6-4-3-5-7-8/h2-7,9H,1,10H2. The minimum absolute atomic E-state index is 0.536. The molecule has 0 radical (unpaired) electrons. The van der Waals surface area contributed by atoms with Crippen molar-refractivity contribution in [2.75, 3.05) is 0 Å². The van der Waals surface area contributed by atoms with Crippen LogP contribution in [0.25, 0.3) is 0 Å². The summed E-state index contributed by atoms with van der Waals surface area (Å²) >= 11 is 1.70. The third-order valence-electron chi connectivity index (χ3n) is 1.44. The van der Waals surface area contributed by atoms with Crippen LogP contribution in [0.3, 0.4) is 0 Å². The zero-order valence-electron chi connectivity index (χ0n) is 5.83. The predicted molar refractivity (Wildman–Crippen MR) is 47.9 cm³/mol. The van der Waals surface area contributed by atoms with Gasteiger partial charge in [-0.3, -0.25) is 0 Å². The first-order valence-electron chi connectivity index (χ1n) is 3.27. The van der Waals surface area contributed by atoms with Gasteiger partial charge in [-0.15, -0.1) is 0 Å². The summed E-state index contributed by atoms with van der Waals surface area (Å²) in [6.07, 6.45) is 1.98. The number of hydrogen-bond acceptors (Lipinski definition) is 0. The normalized spacial score (nSPS) is 12.5. The molecular weight excluding hydrogens is 183 g/mol. The molecule has 1 aromatic carbocycles. The Balaban J connectivity index is 2.84. The number of hydrogen-bond donors (Lipinski definition) is 0. The van der Waals surface area contributed by atoms with E-state index in [4.69, 9.17) is 0 Å². The molecule has 0 saturated heterocycles. The summed E-state index contributed by atoms with van der Waals surface area (Å²) in [7, 11) is 0. The average molecular weight is 194 g/mol. The van der Waals surface area contributed by atoms with Gasteiger partial charge < -0.3 is 0 Å². The molecular formula is C9H11As. The Morgan fingerprint density at radius 3 is 2.40 bits per heavy atom. The van der Waals surface area contributed by atoms with Crippen LogP contribution in [0, 0.1) is 0 Å². The van der Waals surface area contributed by atoms with Crippen molar-refractivity contribution < 1.29 is 0 Å². The third kappa shape index (κ3) is 1.75. The van der Waals surface area contributed by atoms with Crippen molar-refractivity contribution in [2.24, 2.45) is 0 Å². The van der Waals surface area contributed by atoms with Crippen molar-refractivity contribution >= 4 is 16.9 Å². The van der Waals surface area contributed by atoms with Crippen LogP contribution in [-0.4, -0.2) is 16.9 Å². The fourth-order valence-electron chi connectivity index (χ4n) is 0.811. The quantitative estimate of drug-likeness (QED) is 0.495. The summed E-state index contributed by atoms with van der Waals surface area (Å²) in [5.74, 6) is 0. The third-order valence-corrected chi connectivity index (χ3v) is 2.82. The summed E-state index contributed by atoms with van der Waals surface area (Å²) in [4.78, 5) is 0. The van der Waals surface area contributed by atoms with E-state index in [1.807, 2.05) is 12.1 Å². The van der Waals surface area contributed by atoms with Crippen LogP contribution in [0.5, 0.6) is 0 Å². The first-order valence-corrected chi connectivity index (χ1v) is 4.67. The summed E-state index contributed by atoms with van der Waals surface area (Å²) in [5.41, 5.74) is 1.36. The Hall–Kier alpha value is -0.482. The summed E-state index contributed by atoms with van der Waals surface area (Å²) in [5, 5.41) is 0. The summed E-state index contributed by atoms with van der Waals surface area (Å²) in [6, 6.07) is 10.4. The Morgan fingerprint density at radius 2 is 1.90 bits per heavy atom.